The van der Waals surface area contributed by atoms with E-state index in [9.17, 15) is 4.79 Å². The van der Waals surface area contributed by atoms with Crippen LogP contribution in [-0.2, 0) is 11.2 Å². The number of nitrogen functional groups attached to an aromatic ring is 1. The van der Waals surface area contributed by atoms with Gasteiger partial charge in [0, 0.05) is 12.2 Å². The molecule has 0 saturated heterocycles. The molecule has 0 bridgehead atoms. The lowest BCUT2D eigenvalue weighted by atomic mass is 10.1. The van der Waals surface area contributed by atoms with Crippen LogP contribution in [0.2, 0.25) is 0 Å². The van der Waals surface area contributed by atoms with Crippen molar-refractivity contribution in [2.24, 2.45) is 11.8 Å². The van der Waals surface area contributed by atoms with Crippen molar-refractivity contribution in [2.75, 3.05) is 22.9 Å². The molecule has 0 spiro atoms. The summed E-state index contributed by atoms with van der Waals surface area (Å²) in [6.07, 6.45) is 3.16. The van der Waals surface area contributed by atoms with Gasteiger partial charge in [0.2, 0.25) is 5.91 Å². The van der Waals surface area contributed by atoms with Gasteiger partial charge in [-0.15, -0.1) is 0 Å². The first kappa shape index (κ1) is 11.4. The van der Waals surface area contributed by atoms with Crippen molar-refractivity contribution < 1.29 is 4.79 Å². The number of hydrogen-bond acceptors (Lipinski definition) is 3. The van der Waals surface area contributed by atoms with Gasteiger partial charge in [-0.05, 0) is 42.4 Å². The molecule has 96 valence electrons. The first-order valence-electron chi connectivity index (χ1n) is 6.59. The minimum Gasteiger partial charge on any atom is -0.397 e. The molecule has 4 N–H and O–H groups in total. The second-order valence-electron chi connectivity index (χ2n) is 5.52. The summed E-state index contributed by atoms with van der Waals surface area (Å²) in [6, 6.07) is 3.85. The SMILES string of the molecule is CC(CNc1cc2c(cc1N)CC(=O)N2)C1CC1. The summed E-state index contributed by atoms with van der Waals surface area (Å²) >= 11 is 0. The van der Waals surface area contributed by atoms with Gasteiger partial charge in [0.15, 0.2) is 0 Å². The molecular formula is C14H19N3O. The molecule has 1 heterocycles. The Balaban J connectivity index is 1.72. The zero-order chi connectivity index (χ0) is 12.7. The summed E-state index contributed by atoms with van der Waals surface area (Å²) in [5, 5.41) is 6.26. The van der Waals surface area contributed by atoms with Crippen LogP contribution in [0.1, 0.15) is 25.3 Å². The first-order valence-corrected chi connectivity index (χ1v) is 6.59. The fourth-order valence-electron chi connectivity index (χ4n) is 2.55. The maximum Gasteiger partial charge on any atom is 0.228 e. The fraction of sp³-hybridized carbons (Fsp3) is 0.500. The molecule has 4 nitrogen and oxygen atoms in total. The van der Waals surface area contributed by atoms with Crippen molar-refractivity contribution in [1.82, 2.24) is 0 Å². The Morgan fingerprint density at radius 1 is 1.50 bits per heavy atom. The number of nitrogens with two attached hydrogens (primary N) is 1. The fourth-order valence-corrected chi connectivity index (χ4v) is 2.55. The number of benzene rings is 1. The molecule has 1 aromatic rings. The number of amides is 1. The van der Waals surface area contributed by atoms with Crippen molar-refractivity contribution in [3.8, 4) is 0 Å². The average molecular weight is 245 g/mol. The van der Waals surface area contributed by atoms with E-state index in [0.717, 1.165) is 35.1 Å². The van der Waals surface area contributed by atoms with Crippen molar-refractivity contribution in [3.63, 3.8) is 0 Å². The van der Waals surface area contributed by atoms with Gasteiger partial charge in [-0.25, -0.2) is 0 Å². The third-order valence-electron chi connectivity index (χ3n) is 3.94. The second-order valence-corrected chi connectivity index (χ2v) is 5.52. The molecule has 1 aromatic carbocycles. The van der Waals surface area contributed by atoms with E-state index in [1.807, 2.05) is 12.1 Å². The van der Waals surface area contributed by atoms with E-state index in [-0.39, 0.29) is 5.91 Å². The van der Waals surface area contributed by atoms with E-state index < -0.39 is 0 Å². The smallest absolute Gasteiger partial charge is 0.228 e. The predicted octanol–water partition coefficient (Wildman–Crippen LogP) is 2.22. The van der Waals surface area contributed by atoms with Crippen LogP contribution in [0.15, 0.2) is 12.1 Å². The van der Waals surface area contributed by atoms with Crippen molar-refractivity contribution in [3.05, 3.63) is 17.7 Å². The number of carbonyl (C=O) groups is 1. The summed E-state index contributed by atoms with van der Waals surface area (Å²) in [7, 11) is 0. The average Bonchev–Trinajstić information content (AvgIpc) is 3.09. The van der Waals surface area contributed by atoms with Gasteiger partial charge in [-0.3, -0.25) is 4.79 Å². The molecule has 1 aliphatic heterocycles. The van der Waals surface area contributed by atoms with Crippen LogP contribution in [0.25, 0.3) is 0 Å². The van der Waals surface area contributed by atoms with Gasteiger partial charge in [0.25, 0.3) is 0 Å². The monoisotopic (exact) mass is 245 g/mol. The quantitative estimate of drug-likeness (QED) is 0.712. The van der Waals surface area contributed by atoms with E-state index in [2.05, 4.69) is 17.6 Å². The highest BCUT2D eigenvalue weighted by Crippen LogP contribution is 2.37. The topological polar surface area (TPSA) is 67.1 Å². The highest BCUT2D eigenvalue weighted by Gasteiger charge is 2.27. The number of rotatable bonds is 4. The lowest BCUT2D eigenvalue weighted by Crippen LogP contribution is -2.14. The third kappa shape index (κ3) is 2.15. The number of hydrogen-bond donors (Lipinski definition) is 3. The molecule has 1 amide bonds. The third-order valence-corrected chi connectivity index (χ3v) is 3.94. The molecule has 1 atom stereocenters. The molecule has 2 aliphatic rings. The summed E-state index contributed by atoms with van der Waals surface area (Å²) in [4.78, 5) is 11.3. The lowest BCUT2D eigenvalue weighted by Gasteiger charge is -2.15. The van der Waals surface area contributed by atoms with Gasteiger partial charge < -0.3 is 16.4 Å². The second kappa shape index (κ2) is 4.19. The molecule has 0 aromatic heterocycles. The number of nitrogens with one attached hydrogen (secondary N) is 2. The molecular weight excluding hydrogens is 226 g/mol. The van der Waals surface area contributed by atoms with Crippen LogP contribution in [0, 0.1) is 11.8 Å². The van der Waals surface area contributed by atoms with Gasteiger partial charge in [-0.1, -0.05) is 6.92 Å². The van der Waals surface area contributed by atoms with Crippen LogP contribution in [0.3, 0.4) is 0 Å². The van der Waals surface area contributed by atoms with Crippen molar-refractivity contribution in [2.45, 2.75) is 26.2 Å². The normalized spacial score (nSPS) is 19.3. The Kier molecular flexibility index (Phi) is 2.65. The van der Waals surface area contributed by atoms with Crippen molar-refractivity contribution in [1.29, 1.82) is 0 Å². The van der Waals surface area contributed by atoms with E-state index >= 15 is 0 Å². The van der Waals surface area contributed by atoms with Crippen LogP contribution >= 0.6 is 0 Å². The largest absolute Gasteiger partial charge is 0.397 e. The molecule has 18 heavy (non-hydrogen) atoms. The first-order chi connectivity index (χ1) is 8.63. The number of fused-ring (bicyclic) bond motifs is 1. The molecule has 1 unspecified atom stereocenters. The summed E-state index contributed by atoms with van der Waals surface area (Å²) < 4.78 is 0. The van der Waals surface area contributed by atoms with Gasteiger partial charge >= 0.3 is 0 Å². The van der Waals surface area contributed by atoms with Crippen LogP contribution in [0.5, 0.6) is 0 Å². The Bertz CT molecular complexity index is 494. The molecule has 1 fully saturated rings. The van der Waals surface area contributed by atoms with Crippen LogP contribution in [0.4, 0.5) is 17.1 Å². The summed E-state index contributed by atoms with van der Waals surface area (Å²) in [5.41, 5.74) is 9.58. The van der Waals surface area contributed by atoms with E-state index in [4.69, 9.17) is 5.73 Å². The van der Waals surface area contributed by atoms with Crippen LogP contribution in [-0.4, -0.2) is 12.5 Å². The Labute approximate surface area is 107 Å². The maximum atomic E-state index is 11.3. The summed E-state index contributed by atoms with van der Waals surface area (Å²) in [6.45, 7) is 3.22. The number of carbonyl (C=O) groups excluding carboxylic acids is 1. The minimum atomic E-state index is 0.0490. The lowest BCUT2D eigenvalue weighted by molar-refractivity contribution is -0.115. The standard InChI is InChI=1S/C14H19N3O/c1-8(9-2-3-9)7-16-13-6-12-10(4-11(13)15)5-14(18)17-12/h4,6,8-9,16H,2-3,5,7,15H2,1H3,(H,17,18). The van der Waals surface area contributed by atoms with Crippen LogP contribution < -0.4 is 16.4 Å². The van der Waals surface area contributed by atoms with Gasteiger partial charge in [-0.2, -0.15) is 0 Å². The Morgan fingerprint density at radius 3 is 3.00 bits per heavy atom. The van der Waals surface area contributed by atoms with Gasteiger partial charge in [0.05, 0.1) is 17.8 Å². The van der Waals surface area contributed by atoms with Crippen molar-refractivity contribution >= 4 is 23.0 Å². The van der Waals surface area contributed by atoms with E-state index in [1.165, 1.54) is 12.8 Å². The minimum absolute atomic E-state index is 0.0490. The van der Waals surface area contributed by atoms with Gasteiger partial charge in [0.1, 0.15) is 0 Å². The molecule has 4 heteroatoms. The molecule has 1 aliphatic carbocycles. The van der Waals surface area contributed by atoms with E-state index in [0.29, 0.717) is 12.3 Å². The Morgan fingerprint density at radius 2 is 2.28 bits per heavy atom. The predicted molar refractivity (Wildman–Crippen MR) is 73.6 cm³/mol. The van der Waals surface area contributed by atoms with E-state index in [1.54, 1.807) is 0 Å². The number of anilines is 3. The maximum absolute atomic E-state index is 11.3. The molecule has 1 saturated carbocycles. The Hall–Kier alpha value is -1.71. The zero-order valence-electron chi connectivity index (χ0n) is 10.6. The molecule has 0 radical (unpaired) electrons. The zero-order valence-corrected chi connectivity index (χ0v) is 10.6. The summed E-state index contributed by atoms with van der Waals surface area (Å²) in [5.74, 6) is 1.62. The highest BCUT2D eigenvalue weighted by atomic mass is 16.1. The highest BCUT2D eigenvalue weighted by molar-refractivity contribution is 6.00. The molecule has 3 rings (SSSR count).